The van der Waals surface area contributed by atoms with Crippen molar-refractivity contribution in [2.24, 2.45) is 0 Å². The lowest BCUT2D eigenvalue weighted by atomic mass is 10.2. The molecule has 0 fully saturated rings. The molecule has 0 aromatic heterocycles. The average Bonchev–Trinajstić information content (AvgIpc) is 2.32. The third-order valence-electron chi connectivity index (χ3n) is 2.28. The summed E-state index contributed by atoms with van der Waals surface area (Å²) in [4.78, 5) is 10.4. The Labute approximate surface area is 113 Å². The number of nitro benzene ring substituents is 1. The van der Waals surface area contributed by atoms with Crippen LogP contribution in [0.5, 0.6) is 0 Å². The lowest BCUT2D eigenvalue weighted by Crippen LogP contribution is -1.96. The topological polar surface area (TPSA) is 55.2 Å². The molecular formula is C12H8Cl2N2O2. The van der Waals surface area contributed by atoms with Gasteiger partial charge in [-0.15, -0.1) is 0 Å². The number of hydrogen-bond acceptors (Lipinski definition) is 3. The molecule has 2 aromatic rings. The highest BCUT2D eigenvalue weighted by atomic mass is 35.5. The average molecular weight is 283 g/mol. The van der Waals surface area contributed by atoms with E-state index in [0.29, 0.717) is 21.4 Å². The van der Waals surface area contributed by atoms with Crippen molar-refractivity contribution < 1.29 is 4.92 Å². The molecule has 0 radical (unpaired) electrons. The first-order chi connectivity index (χ1) is 8.56. The third kappa shape index (κ3) is 2.91. The van der Waals surface area contributed by atoms with Gasteiger partial charge in [-0.3, -0.25) is 10.1 Å². The van der Waals surface area contributed by atoms with E-state index in [4.69, 9.17) is 23.2 Å². The van der Waals surface area contributed by atoms with Gasteiger partial charge >= 0.3 is 0 Å². The molecule has 0 aliphatic rings. The SMILES string of the molecule is O=[N+]([O-])c1ccc(Cl)cc1Nc1ccc(Cl)cc1. The molecule has 1 N–H and O–H groups in total. The van der Waals surface area contributed by atoms with E-state index < -0.39 is 4.92 Å². The fourth-order valence-corrected chi connectivity index (χ4v) is 1.75. The van der Waals surface area contributed by atoms with Crippen molar-refractivity contribution in [1.29, 1.82) is 0 Å². The van der Waals surface area contributed by atoms with Crippen molar-refractivity contribution in [2.45, 2.75) is 0 Å². The van der Waals surface area contributed by atoms with E-state index in [1.165, 1.54) is 18.2 Å². The maximum Gasteiger partial charge on any atom is 0.292 e. The summed E-state index contributed by atoms with van der Waals surface area (Å²) in [5, 5.41) is 14.8. The predicted molar refractivity (Wildman–Crippen MR) is 72.8 cm³/mol. The van der Waals surface area contributed by atoms with Gasteiger partial charge in [0, 0.05) is 21.8 Å². The van der Waals surface area contributed by atoms with E-state index in [1.54, 1.807) is 24.3 Å². The van der Waals surface area contributed by atoms with Crippen molar-refractivity contribution in [3.05, 3.63) is 62.6 Å². The van der Waals surface area contributed by atoms with Crippen LogP contribution >= 0.6 is 23.2 Å². The van der Waals surface area contributed by atoms with Gasteiger partial charge in [-0.05, 0) is 36.4 Å². The summed E-state index contributed by atoms with van der Waals surface area (Å²) < 4.78 is 0. The normalized spacial score (nSPS) is 10.1. The Morgan fingerprint density at radius 1 is 1.00 bits per heavy atom. The monoisotopic (exact) mass is 282 g/mol. The standard InChI is InChI=1S/C12H8Cl2N2O2/c13-8-1-4-10(5-2-8)15-11-7-9(14)3-6-12(11)16(17)18/h1-7,15H. The number of rotatable bonds is 3. The Balaban J connectivity index is 2.35. The first kappa shape index (κ1) is 12.7. The van der Waals surface area contributed by atoms with Crippen LogP contribution in [0.25, 0.3) is 0 Å². The van der Waals surface area contributed by atoms with Gasteiger partial charge in [0.1, 0.15) is 5.69 Å². The van der Waals surface area contributed by atoms with Crippen LogP contribution < -0.4 is 5.32 Å². The van der Waals surface area contributed by atoms with Gasteiger partial charge in [-0.1, -0.05) is 23.2 Å². The Bertz CT molecular complexity index is 585. The molecule has 0 heterocycles. The summed E-state index contributed by atoms with van der Waals surface area (Å²) in [5.74, 6) is 0. The van der Waals surface area contributed by atoms with Gasteiger partial charge < -0.3 is 5.32 Å². The Morgan fingerprint density at radius 2 is 1.61 bits per heavy atom. The highest BCUT2D eigenvalue weighted by Gasteiger charge is 2.13. The molecule has 0 amide bonds. The Morgan fingerprint density at radius 3 is 2.22 bits per heavy atom. The fourth-order valence-electron chi connectivity index (χ4n) is 1.46. The van der Waals surface area contributed by atoms with Gasteiger partial charge in [0.2, 0.25) is 0 Å². The Kier molecular flexibility index (Phi) is 3.69. The second-order valence-electron chi connectivity index (χ2n) is 3.55. The number of nitrogens with one attached hydrogen (secondary N) is 1. The first-order valence-electron chi connectivity index (χ1n) is 5.03. The lowest BCUT2D eigenvalue weighted by molar-refractivity contribution is -0.383. The zero-order valence-electron chi connectivity index (χ0n) is 9.06. The third-order valence-corrected chi connectivity index (χ3v) is 2.77. The van der Waals surface area contributed by atoms with Crippen LogP contribution in [0.4, 0.5) is 17.1 Å². The molecular weight excluding hydrogens is 275 g/mol. The highest BCUT2D eigenvalue weighted by Crippen LogP contribution is 2.30. The molecule has 2 aromatic carbocycles. The number of nitrogens with zero attached hydrogens (tertiary/aromatic N) is 1. The molecule has 0 aliphatic heterocycles. The van der Waals surface area contributed by atoms with Crippen LogP contribution in [0.15, 0.2) is 42.5 Å². The van der Waals surface area contributed by atoms with Crippen LogP contribution in [0.1, 0.15) is 0 Å². The van der Waals surface area contributed by atoms with E-state index in [2.05, 4.69) is 5.32 Å². The summed E-state index contributed by atoms with van der Waals surface area (Å²) in [7, 11) is 0. The number of hydrogen-bond donors (Lipinski definition) is 1. The van der Waals surface area contributed by atoms with Crippen molar-refractivity contribution >= 4 is 40.3 Å². The highest BCUT2D eigenvalue weighted by molar-refractivity contribution is 6.31. The van der Waals surface area contributed by atoms with Crippen LogP contribution in [0, 0.1) is 10.1 Å². The number of halogens is 2. The zero-order valence-corrected chi connectivity index (χ0v) is 10.6. The molecule has 0 spiro atoms. The molecule has 18 heavy (non-hydrogen) atoms. The molecule has 0 bridgehead atoms. The smallest absolute Gasteiger partial charge is 0.292 e. The molecule has 0 aliphatic carbocycles. The lowest BCUT2D eigenvalue weighted by Gasteiger charge is -2.07. The van der Waals surface area contributed by atoms with Gasteiger partial charge in [-0.2, -0.15) is 0 Å². The van der Waals surface area contributed by atoms with Crippen LogP contribution in [0.2, 0.25) is 10.0 Å². The van der Waals surface area contributed by atoms with Crippen LogP contribution in [-0.4, -0.2) is 4.92 Å². The maximum absolute atomic E-state index is 10.9. The largest absolute Gasteiger partial charge is 0.350 e. The molecule has 4 nitrogen and oxygen atoms in total. The van der Waals surface area contributed by atoms with E-state index in [0.717, 1.165) is 0 Å². The molecule has 0 unspecified atom stereocenters. The van der Waals surface area contributed by atoms with E-state index in [1.807, 2.05) is 0 Å². The molecule has 6 heteroatoms. The Hall–Kier alpha value is -1.78. The van der Waals surface area contributed by atoms with Crippen LogP contribution in [-0.2, 0) is 0 Å². The summed E-state index contributed by atoms with van der Waals surface area (Å²) in [6.07, 6.45) is 0. The van der Waals surface area contributed by atoms with E-state index in [9.17, 15) is 10.1 Å². The van der Waals surface area contributed by atoms with Gasteiger partial charge in [0.05, 0.1) is 4.92 Å². The fraction of sp³-hybridized carbons (Fsp3) is 0. The van der Waals surface area contributed by atoms with E-state index >= 15 is 0 Å². The van der Waals surface area contributed by atoms with Gasteiger partial charge in [-0.25, -0.2) is 0 Å². The van der Waals surface area contributed by atoms with Crippen molar-refractivity contribution in [3.8, 4) is 0 Å². The van der Waals surface area contributed by atoms with Crippen molar-refractivity contribution in [2.75, 3.05) is 5.32 Å². The molecule has 92 valence electrons. The summed E-state index contributed by atoms with van der Waals surface area (Å²) in [6.45, 7) is 0. The number of benzene rings is 2. The quantitative estimate of drug-likeness (QED) is 0.659. The van der Waals surface area contributed by atoms with E-state index in [-0.39, 0.29) is 5.69 Å². The minimum Gasteiger partial charge on any atom is -0.350 e. The van der Waals surface area contributed by atoms with Gasteiger partial charge in [0.25, 0.3) is 5.69 Å². The minimum absolute atomic E-state index is 0.0330. The molecule has 0 saturated heterocycles. The predicted octanol–water partition coefficient (Wildman–Crippen LogP) is 4.65. The second-order valence-corrected chi connectivity index (χ2v) is 4.42. The number of anilines is 2. The molecule has 0 atom stereocenters. The minimum atomic E-state index is -0.464. The van der Waals surface area contributed by atoms with Gasteiger partial charge in [0.15, 0.2) is 0 Å². The second kappa shape index (κ2) is 5.25. The van der Waals surface area contributed by atoms with Crippen LogP contribution in [0.3, 0.4) is 0 Å². The summed E-state index contributed by atoms with van der Waals surface area (Å²) >= 11 is 11.6. The summed E-state index contributed by atoms with van der Waals surface area (Å²) in [6, 6.07) is 11.2. The van der Waals surface area contributed by atoms with Crippen molar-refractivity contribution in [1.82, 2.24) is 0 Å². The zero-order chi connectivity index (χ0) is 13.1. The maximum atomic E-state index is 10.9. The number of nitro groups is 1. The first-order valence-corrected chi connectivity index (χ1v) is 5.78. The van der Waals surface area contributed by atoms with Crippen molar-refractivity contribution in [3.63, 3.8) is 0 Å². The summed E-state index contributed by atoms with van der Waals surface area (Å²) in [5.41, 5.74) is 1.01. The molecule has 2 rings (SSSR count). The molecule has 0 saturated carbocycles.